The molecule has 0 N–H and O–H groups in total. The average Bonchev–Trinajstić information content (AvgIpc) is 3.06. The van der Waals surface area contributed by atoms with Crippen LogP contribution < -0.4 is 0 Å². The topological polar surface area (TPSA) is 35.9 Å². The van der Waals surface area contributed by atoms with Crippen LogP contribution in [0.5, 0.6) is 0 Å². The molecule has 0 saturated carbocycles. The lowest BCUT2D eigenvalue weighted by molar-refractivity contribution is -0.128. The molecule has 0 spiro atoms. The Bertz CT molecular complexity index is 1110. The zero-order valence-electron chi connectivity index (χ0n) is 17.4. The second-order valence-electron chi connectivity index (χ2n) is 7.73. The zero-order valence-corrected chi connectivity index (χ0v) is 18.9. The van der Waals surface area contributed by atoms with E-state index >= 15 is 0 Å². The van der Waals surface area contributed by atoms with Gasteiger partial charge in [-0.1, -0.05) is 89.4 Å². The lowest BCUT2D eigenvalue weighted by Gasteiger charge is -2.28. The predicted molar refractivity (Wildman–Crippen MR) is 126 cm³/mol. The van der Waals surface area contributed by atoms with Crippen LogP contribution in [-0.2, 0) is 11.3 Å². The Morgan fingerprint density at radius 3 is 2.39 bits per heavy atom. The molecule has 1 amide bonds. The van der Waals surface area contributed by atoms with Crippen molar-refractivity contribution in [3.05, 3.63) is 105 Å². The predicted octanol–water partition coefficient (Wildman–Crippen LogP) is 6.07. The van der Waals surface area contributed by atoms with Crippen LogP contribution in [0.2, 0.25) is 10.0 Å². The number of carbonyl (C=O) groups excluding carboxylic acids is 1. The lowest BCUT2D eigenvalue weighted by Crippen LogP contribution is -2.29. The Morgan fingerprint density at radius 2 is 1.71 bits per heavy atom. The molecule has 3 aromatic carbocycles. The number of aryl methyl sites for hydroxylation is 1. The van der Waals surface area contributed by atoms with Gasteiger partial charge in [0.15, 0.2) is 0 Å². The SMILES string of the molecule is C/C(=N/N1C(=O)CN(Cc2ccccc2)[C@@H]1c1ccc(Cl)c(Cl)c1)c1ccc(C)cc1. The van der Waals surface area contributed by atoms with Crippen LogP contribution in [0, 0.1) is 6.92 Å². The smallest absolute Gasteiger partial charge is 0.258 e. The van der Waals surface area contributed by atoms with Gasteiger partial charge in [0.1, 0.15) is 6.17 Å². The van der Waals surface area contributed by atoms with Crippen molar-refractivity contribution in [2.45, 2.75) is 26.6 Å². The molecule has 4 rings (SSSR count). The fraction of sp³-hybridized carbons (Fsp3) is 0.200. The van der Waals surface area contributed by atoms with Crippen LogP contribution in [0.4, 0.5) is 0 Å². The molecule has 4 nitrogen and oxygen atoms in total. The maximum absolute atomic E-state index is 13.0. The second-order valence-corrected chi connectivity index (χ2v) is 8.54. The van der Waals surface area contributed by atoms with Crippen molar-refractivity contribution in [1.82, 2.24) is 9.91 Å². The zero-order chi connectivity index (χ0) is 22.0. The van der Waals surface area contributed by atoms with E-state index in [2.05, 4.69) is 17.0 Å². The van der Waals surface area contributed by atoms with Gasteiger partial charge in [0.2, 0.25) is 0 Å². The van der Waals surface area contributed by atoms with E-state index in [1.165, 1.54) is 5.56 Å². The van der Waals surface area contributed by atoms with Gasteiger partial charge in [0, 0.05) is 6.54 Å². The third-order valence-corrected chi connectivity index (χ3v) is 6.11. The summed E-state index contributed by atoms with van der Waals surface area (Å²) in [6.45, 7) is 4.85. The number of halogens is 2. The van der Waals surface area contributed by atoms with Gasteiger partial charge in [-0.2, -0.15) is 5.10 Å². The summed E-state index contributed by atoms with van der Waals surface area (Å²) in [5.74, 6) is -0.0570. The van der Waals surface area contributed by atoms with Gasteiger partial charge in [-0.15, -0.1) is 0 Å². The number of nitrogens with zero attached hydrogens (tertiary/aromatic N) is 3. The van der Waals surface area contributed by atoms with Crippen molar-refractivity contribution in [1.29, 1.82) is 0 Å². The van der Waals surface area contributed by atoms with Gasteiger partial charge in [0.05, 0.1) is 22.3 Å². The standard InChI is InChI=1S/C25H23Cl2N3O/c1-17-8-10-20(11-9-17)18(2)28-30-24(31)16-29(15-19-6-4-3-5-7-19)25(30)21-12-13-22(26)23(27)14-21/h3-14,25H,15-16H2,1-2H3/b28-18-/t25-/m0/s1. The molecule has 1 aliphatic heterocycles. The Hall–Kier alpha value is -2.66. The number of amides is 1. The summed E-state index contributed by atoms with van der Waals surface area (Å²) in [5.41, 5.74) is 4.93. The Morgan fingerprint density at radius 1 is 1.00 bits per heavy atom. The van der Waals surface area contributed by atoms with E-state index in [0.29, 0.717) is 16.6 Å². The normalized spacial score (nSPS) is 17.4. The molecule has 1 aliphatic rings. The number of hydrogen-bond acceptors (Lipinski definition) is 3. The first-order valence-electron chi connectivity index (χ1n) is 10.1. The van der Waals surface area contributed by atoms with E-state index in [9.17, 15) is 4.79 Å². The molecule has 1 saturated heterocycles. The van der Waals surface area contributed by atoms with Crippen molar-refractivity contribution in [2.75, 3.05) is 6.54 Å². The summed E-state index contributed by atoms with van der Waals surface area (Å²) in [6.07, 6.45) is -0.372. The van der Waals surface area contributed by atoms with E-state index in [0.717, 1.165) is 22.4 Å². The summed E-state index contributed by atoms with van der Waals surface area (Å²) >= 11 is 12.5. The van der Waals surface area contributed by atoms with E-state index < -0.39 is 0 Å². The number of rotatable bonds is 5. The van der Waals surface area contributed by atoms with Crippen LogP contribution >= 0.6 is 23.2 Å². The van der Waals surface area contributed by atoms with Crippen molar-refractivity contribution in [3.8, 4) is 0 Å². The number of benzene rings is 3. The molecule has 3 aromatic rings. The highest BCUT2D eigenvalue weighted by Crippen LogP contribution is 2.35. The second kappa shape index (κ2) is 9.23. The molecular weight excluding hydrogens is 429 g/mol. The van der Waals surface area contributed by atoms with E-state index in [1.54, 1.807) is 11.1 Å². The summed E-state index contributed by atoms with van der Waals surface area (Å²) in [7, 11) is 0. The molecular formula is C25H23Cl2N3O. The highest BCUT2D eigenvalue weighted by Gasteiger charge is 2.39. The van der Waals surface area contributed by atoms with E-state index in [4.69, 9.17) is 28.3 Å². The first-order valence-corrected chi connectivity index (χ1v) is 10.8. The Labute approximate surface area is 192 Å². The number of hydrogen-bond donors (Lipinski definition) is 0. The molecule has 1 heterocycles. The fourth-order valence-electron chi connectivity index (χ4n) is 3.73. The average molecular weight is 452 g/mol. The molecule has 31 heavy (non-hydrogen) atoms. The summed E-state index contributed by atoms with van der Waals surface area (Å²) in [6, 6.07) is 23.7. The highest BCUT2D eigenvalue weighted by atomic mass is 35.5. The Kier molecular flexibility index (Phi) is 6.42. The first-order chi connectivity index (χ1) is 14.9. The minimum atomic E-state index is -0.372. The van der Waals surface area contributed by atoms with Gasteiger partial charge in [-0.05, 0) is 42.7 Å². The molecule has 6 heteroatoms. The van der Waals surface area contributed by atoms with Crippen LogP contribution in [0.25, 0.3) is 0 Å². The third kappa shape index (κ3) is 4.82. The largest absolute Gasteiger partial charge is 0.271 e. The van der Waals surface area contributed by atoms with Crippen LogP contribution in [0.3, 0.4) is 0 Å². The van der Waals surface area contributed by atoms with E-state index in [-0.39, 0.29) is 18.6 Å². The van der Waals surface area contributed by atoms with Gasteiger partial charge >= 0.3 is 0 Å². The molecule has 0 radical (unpaired) electrons. The van der Waals surface area contributed by atoms with Gasteiger partial charge < -0.3 is 0 Å². The minimum absolute atomic E-state index is 0.0570. The molecule has 0 bridgehead atoms. The van der Waals surface area contributed by atoms with Crippen molar-refractivity contribution >= 4 is 34.8 Å². The summed E-state index contributed by atoms with van der Waals surface area (Å²) in [5, 5.41) is 7.25. The third-order valence-electron chi connectivity index (χ3n) is 5.37. The van der Waals surface area contributed by atoms with Crippen molar-refractivity contribution in [2.24, 2.45) is 5.10 Å². The minimum Gasteiger partial charge on any atom is -0.271 e. The molecule has 1 atom stereocenters. The quantitative estimate of drug-likeness (QED) is 0.441. The van der Waals surface area contributed by atoms with Crippen molar-refractivity contribution in [3.63, 3.8) is 0 Å². The molecule has 1 fully saturated rings. The molecule has 158 valence electrons. The van der Waals surface area contributed by atoms with Gasteiger partial charge in [-0.25, -0.2) is 5.01 Å². The lowest BCUT2D eigenvalue weighted by atomic mass is 10.1. The molecule has 0 unspecified atom stereocenters. The fourth-order valence-corrected chi connectivity index (χ4v) is 4.04. The van der Waals surface area contributed by atoms with Crippen molar-refractivity contribution < 1.29 is 4.79 Å². The van der Waals surface area contributed by atoms with Crippen LogP contribution in [0.15, 0.2) is 77.9 Å². The van der Waals surface area contributed by atoms with Gasteiger partial charge in [-0.3, -0.25) is 9.69 Å². The maximum atomic E-state index is 13.0. The highest BCUT2D eigenvalue weighted by molar-refractivity contribution is 6.42. The number of hydrazone groups is 1. The van der Waals surface area contributed by atoms with Crippen LogP contribution in [-0.4, -0.2) is 28.1 Å². The molecule has 0 aromatic heterocycles. The maximum Gasteiger partial charge on any atom is 0.258 e. The summed E-state index contributed by atoms with van der Waals surface area (Å²) in [4.78, 5) is 15.1. The Balaban J connectivity index is 1.72. The van der Waals surface area contributed by atoms with E-state index in [1.807, 2.05) is 68.4 Å². The van der Waals surface area contributed by atoms with Gasteiger partial charge in [0.25, 0.3) is 5.91 Å². The number of carbonyl (C=O) groups is 1. The monoisotopic (exact) mass is 451 g/mol. The molecule has 0 aliphatic carbocycles. The summed E-state index contributed by atoms with van der Waals surface area (Å²) < 4.78 is 0. The first kappa shape index (κ1) is 21.6. The van der Waals surface area contributed by atoms with Crippen LogP contribution in [0.1, 0.15) is 35.3 Å².